The molecule has 0 aromatic heterocycles. The van der Waals surface area contributed by atoms with Crippen molar-refractivity contribution in [1.29, 1.82) is 0 Å². The van der Waals surface area contributed by atoms with Gasteiger partial charge in [-0.15, -0.1) is 6.58 Å². The van der Waals surface area contributed by atoms with Crippen LogP contribution in [0.1, 0.15) is 80.5 Å². The second-order valence-corrected chi connectivity index (χ2v) is 9.53. The molecule has 1 aliphatic rings. The number of aryl methyl sites for hydroxylation is 2. The van der Waals surface area contributed by atoms with Crippen LogP contribution in [-0.2, 0) is 24.2 Å². The topological polar surface area (TPSA) is 9.23 Å². The molecule has 3 rings (SSSR count). The molecule has 32 heavy (non-hydrogen) atoms. The van der Waals surface area contributed by atoms with Gasteiger partial charge in [0.05, 0.1) is 13.2 Å². The second-order valence-electron chi connectivity index (χ2n) is 9.53. The molecule has 1 saturated carbocycles. The molecule has 1 fully saturated rings. The van der Waals surface area contributed by atoms with E-state index in [2.05, 4.69) is 74.2 Å². The first-order valence-electron chi connectivity index (χ1n) is 12.7. The van der Waals surface area contributed by atoms with E-state index in [4.69, 9.17) is 4.74 Å². The fraction of sp³-hybridized carbons (Fsp3) is 0.484. The molecule has 172 valence electrons. The highest BCUT2D eigenvalue weighted by Gasteiger charge is 2.20. The average Bonchev–Trinajstić information content (AvgIpc) is 2.83. The molecule has 0 radical (unpaired) electrons. The molecule has 0 spiro atoms. The Kier molecular flexibility index (Phi) is 10.8. The van der Waals surface area contributed by atoms with Gasteiger partial charge in [0.15, 0.2) is 0 Å². The molecule has 1 nitrogen and oxygen atoms in total. The molecule has 2 aromatic rings. The summed E-state index contributed by atoms with van der Waals surface area (Å²) in [5.74, 6) is 1.90. The highest BCUT2D eigenvalue weighted by atomic mass is 16.5. The quantitative estimate of drug-likeness (QED) is 0.228. The smallest absolute Gasteiger partial charge is 0.0721 e. The van der Waals surface area contributed by atoms with Crippen LogP contribution in [0.15, 0.2) is 67.3 Å². The van der Waals surface area contributed by atoms with E-state index in [9.17, 15) is 0 Å². The lowest BCUT2D eigenvalue weighted by Crippen LogP contribution is -2.15. The van der Waals surface area contributed by atoms with Gasteiger partial charge in [-0.05, 0) is 66.7 Å². The van der Waals surface area contributed by atoms with Crippen LogP contribution in [0.25, 0.3) is 6.08 Å². The van der Waals surface area contributed by atoms with E-state index in [0.717, 1.165) is 11.8 Å². The Morgan fingerprint density at radius 2 is 1.38 bits per heavy atom. The molecular formula is C31H42O. The van der Waals surface area contributed by atoms with Gasteiger partial charge in [0.1, 0.15) is 0 Å². The van der Waals surface area contributed by atoms with Crippen molar-refractivity contribution < 1.29 is 4.74 Å². The minimum Gasteiger partial charge on any atom is -0.373 e. The second kappa shape index (κ2) is 14.1. The molecule has 1 aliphatic carbocycles. The van der Waals surface area contributed by atoms with Gasteiger partial charge < -0.3 is 4.74 Å². The van der Waals surface area contributed by atoms with Gasteiger partial charge in [0.25, 0.3) is 0 Å². The Labute approximate surface area is 196 Å². The van der Waals surface area contributed by atoms with Gasteiger partial charge in [0.2, 0.25) is 0 Å². The van der Waals surface area contributed by atoms with Crippen molar-refractivity contribution in [3.8, 4) is 0 Å². The van der Waals surface area contributed by atoms with Crippen LogP contribution in [-0.4, -0.2) is 6.61 Å². The van der Waals surface area contributed by atoms with Crippen LogP contribution in [0.3, 0.4) is 0 Å². The van der Waals surface area contributed by atoms with Gasteiger partial charge in [-0.2, -0.15) is 0 Å². The molecular weight excluding hydrogens is 388 g/mol. The zero-order valence-electron chi connectivity index (χ0n) is 20.1. The number of hydrogen-bond donors (Lipinski definition) is 0. The molecule has 0 atom stereocenters. The molecule has 0 amide bonds. The Balaban J connectivity index is 1.26. The third-order valence-corrected chi connectivity index (χ3v) is 7.00. The van der Waals surface area contributed by atoms with E-state index in [-0.39, 0.29) is 0 Å². The summed E-state index contributed by atoms with van der Waals surface area (Å²) >= 11 is 0. The van der Waals surface area contributed by atoms with E-state index >= 15 is 0 Å². The van der Waals surface area contributed by atoms with Crippen molar-refractivity contribution in [2.75, 3.05) is 6.61 Å². The van der Waals surface area contributed by atoms with E-state index < -0.39 is 0 Å². The van der Waals surface area contributed by atoms with Crippen LogP contribution < -0.4 is 0 Å². The fourth-order valence-electron chi connectivity index (χ4n) is 4.99. The number of benzene rings is 2. The van der Waals surface area contributed by atoms with Crippen molar-refractivity contribution in [3.63, 3.8) is 0 Å². The normalized spacial score (nSPS) is 18.8. The molecule has 0 N–H and O–H groups in total. The van der Waals surface area contributed by atoms with E-state index in [1.165, 1.54) is 86.5 Å². The summed E-state index contributed by atoms with van der Waals surface area (Å²) < 4.78 is 5.52. The Morgan fingerprint density at radius 1 is 0.781 bits per heavy atom. The summed E-state index contributed by atoms with van der Waals surface area (Å²) in [5.41, 5.74) is 5.51. The van der Waals surface area contributed by atoms with Crippen LogP contribution in [0.5, 0.6) is 0 Å². The molecule has 0 unspecified atom stereocenters. The molecule has 2 aromatic carbocycles. The summed E-state index contributed by atoms with van der Waals surface area (Å²) in [7, 11) is 0. The maximum Gasteiger partial charge on any atom is 0.0721 e. The first-order chi connectivity index (χ1) is 15.8. The molecule has 0 heterocycles. The Morgan fingerprint density at radius 3 is 2.03 bits per heavy atom. The highest BCUT2D eigenvalue weighted by Crippen LogP contribution is 2.34. The zero-order chi connectivity index (χ0) is 22.4. The van der Waals surface area contributed by atoms with Crippen molar-refractivity contribution in [2.45, 2.75) is 77.7 Å². The third-order valence-electron chi connectivity index (χ3n) is 7.00. The summed E-state index contributed by atoms with van der Waals surface area (Å²) in [4.78, 5) is 0. The first kappa shape index (κ1) is 24.5. The lowest BCUT2D eigenvalue weighted by molar-refractivity contribution is 0.149. The largest absolute Gasteiger partial charge is 0.373 e. The standard InChI is InChI=1S/C31H42O/c1-3-7-26-10-12-27(13-11-26)8-5-6-9-28-14-16-29(17-15-28)18-19-30-20-22-31(23-21-30)25-32-24-4-2/h3-4,7,10-13,20-23,28-29H,2,5-6,8-9,14-19,24-25H2,1H3/b7-3-. The third kappa shape index (κ3) is 8.79. The number of rotatable bonds is 13. The molecule has 0 saturated heterocycles. The molecule has 1 heteroatoms. The fourth-order valence-corrected chi connectivity index (χ4v) is 4.99. The molecule has 0 aliphatic heterocycles. The number of allylic oxidation sites excluding steroid dienone is 1. The lowest BCUT2D eigenvalue weighted by Gasteiger charge is -2.28. The van der Waals surface area contributed by atoms with Crippen LogP contribution >= 0.6 is 0 Å². The monoisotopic (exact) mass is 430 g/mol. The van der Waals surface area contributed by atoms with Gasteiger partial charge in [-0.3, -0.25) is 0 Å². The van der Waals surface area contributed by atoms with Gasteiger partial charge in [-0.25, -0.2) is 0 Å². The van der Waals surface area contributed by atoms with Gasteiger partial charge >= 0.3 is 0 Å². The first-order valence-corrected chi connectivity index (χ1v) is 12.7. The van der Waals surface area contributed by atoms with Crippen molar-refractivity contribution in [3.05, 3.63) is 89.5 Å². The predicted molar refractivity (Wildman–Crippen MR) is 139 cm³/mol. The zero-order valence-corrected chi connectivity index (χ0v) is 20.1. The predicted octanol–water partition coefficient (Wildman–Crippen LogP) is 8.57. The average molecular weight is 431 g/mol. The maximum atomic E-state index is 5.52. The van der Waals surface area contributed by atoms with Crippen molar-refractivity contribution in [2.24, 2.45) is 11.8 Å². The minimum absolute atomic E-state index is 0.620. The molecule has 0 bridgehead atoms. The Bertz CT molecular complexity index is 791. The summed E-state index contributed by atoms with van der Waals surface area (Å²) in [6.07, 6.45) is 19.8. The summed E-state index contributed by atoms with van der Waals surface area (Å²) in [6, 6.07) is 18.1. The summed E-state index contributed by atoms with van der Waals surface area (Å²) in [5, 5.41) is 0. The van der Waals surface area contributed by atoms with Crippen LogP contribution in [0.4, 0.5) is 0 Å². The van der Waals surface area contributed by atoms with Gasteiger partial charge in [0, 0.05) is 0 Å². The van der Waals surface area contributed by atoms with Crippen LogP contribution in [0, 0.1) is 11.8 Å². The van der Waals surface area contributed by atoms with Gasteiger partial charge in [-0.1, -0.05) is 105 Å². The summed E-state index contributed by atoms with van der Waals surface area (Å²) in [6.45, 7) is 7.06. The highest BCUT2D eigenvalue weighted by molar-refractivity contribution is 5.49. The number of hydrogen-bond acceptors (Lipinski definition) is 1. The lowest BCUT2D eigenvalue weighted by atomic mass is 9.77. The van der Waals surface area contributed by atoms with Crippen molar-refractivity contribution in [1.82, 2.24) is 0 Å². The number of ether oxygens (including phenoxy) is 1. The SMILES string of the molecule is C=CCOCc1ccc(CCC2CCC(CCCCc3ccc(/C=C\C)cc3)CC2)cc1. The maximum absolute atomic E-state index is 5.52. The minimum atomic E-state index is 0.620. The van der Waals surface area contributed by atoms with E-state index in [0.29, 0.717) is 13.2 Å². The Hall–Kier alpha value is -2.12. The number of unbranched alkanes of at least 4 members (excludes halogenated alkanes) is 1. The van der Waals surface area contributed by atoms with Crippen molar-refractivity contribution >= 4 is 6.08 Å². The van der Waals surface area contributed by atoms with Crippen LogP contribution in [0.2, 0.25) is 0 Å². The van der Waals surface area contributed by atoms with E-state index in [1.54, 1.807) is 6.08 Å². The van der Waals surface area contributed by atoms with E-state index in [1.807, 2.05) is 0 Å².